The molecule has 3 heteroatoms. The van der Waals surface area contributed by atoms with Gasteiger partial charge in [0.15, 0.2) is 6.29 Å². The predicted octanol–water partition coefficient (Wildman–Crippen LogP) is 7.04. The number of halogens is 1. The molecule has 0 bridgehead atoms. The normalized spacial score (nSPS) is 18.4. The molecule has 0 aromatic heterocycles. The summed E-state index contributed by atoms with van der Waals surface area (Å²) in [5.41, 5.74) is 0. The van der Waals surface area contributed by atoms with E-state index in [9.17, 15) is 0 Å². The third-order valence-corrected chi connectivity index (χ3v) is 5.48. The number of ether oxygens (including phenoxy) is 2. The molecule has 1 aliphatic heterocycles. The second-order valence-electron chi connectivity index (χ2n) is 6.95. The Bertz CT molecular complexity index is 230. The lowest BCUT2D eigenvalue weighted by Crippen LogP contribution is -2.22. The van der Waals surface area contributed by atoms with E-state index < -0.39 is 0 Å². The largest absolute Gasteiger partial charge is 0.353 e. The third-order valence-electron chi connectivity index (χ3n) is 4.72. The van der Waals surface area contributed by atoms with E-state index in [1.165, 1.54) is 101 Å². The minimum Gasteiger partial charge on any atom is -0.353 e. The van der Waals surface area contributed by atoms with Crippen LogP contribution in [0.5, 0.6) is 0 Å². The Labute approximate surface area is 158 Å². The third kappa shape index (κ3) is 14.7. The predicted molar refractivity (Wildman–Crippen MR) is 108 cm³/mol. The molecular weight excluding hydrogens is 399 g/mol. The van der Waals surface area contributed by atoms with Crippen LogP contribution in [-0.4, -0.2) is 23.9 Å². The molecule has 23 heavy (non-hydrogen) atoms. The van der Waals surface area contributed by atoms with Crippen LogP contribution in [0.4, 0.5) is 0 Å². The van der Waals surface area contributed by atoms with E-state index in [1.807, 2.05) is 0 Å². The minimum atomic E-state index is 0.102. The lowest BCUT2D eigenvalue weighted by atomic mass is 10.0. The quantitative estimate of drug-likeness (QED) is 0.146. The molecule has 0 aromatic carbocycles. The second kappa shape index (κ2) is 17.5. The van der Waals surface area contributed by atoms with E-state index in [0.29, 0.717) is 0 Å². The van der Waals surface area contributed by atoms with Crippen molar-refractivity contribution in [3.05, 3.63) is 0 Å². The highest BCUT2D eigenvalue weighted by Crippen LogP contribution is 2.15. The van der Waals surface area contributed by atoms with Gasteiger partial charge in [0.2, 0.25) is 0 Å². The lowest BCUT2D eigenvalue weighted by molar-refractivity contribution is -0.162. The number of rotatable bonds is 16. The summed E-state index contributed by atoms with van der Waals surface area (Å²) in [6.07, 6.45) is 22.0. The van der Waals surface area contributed by atoms with Crippen LogP contribution in [0, 0.1) is 0 Å². The molecule has 138 valence electrons. The van der Waals surface area contributed by atoms with E-state index >= 15 is 0 Å². The first-order valence-electron chi connectivity index (χ1n) is 10.2. The maximum atomic E-state index is 5.77. The topological polar surface area (TPSA) is 18.5 Å². The summed E-state index contributed by atoms with van der Waals surface area (Å²) in [5, 5.41) is 0. The molecule has 0 N–H and O–H groups in total. The molecule has 1 fully saturated rings. The molecule has 1 unspecified atom stereocenters. The van der Waals surface area contributed by atoms with Gasteiger partial charge >= 0.3 is 0 Å². The fourth-order valence-electron chi connectivity index (χ4n) is 3.20. The maximum absolute atomic E-state index is 5.77. The lowest BCUT2D eigenvalue weighted by Gasteiger charge is -2.22. The van der Waals surface area contributed by atoms with Crippen LogP contribution in [-0.2, 0) is 9.47 Å². The van der Waals surface area contributed by atoms with Crippen LogP contribution < -0.4 is 0 Å². The Morgan fingerprint density at radius 2 is 1.22 bits per heavy atom. The molecule has 0 spiro atoms. The highest BCUT2D eigenvalue weighted by atomic mass is 127. The summed E-state index contributed by atoms with van der Waals surface area (Å²) < 4.78 is 12.7. The summed E-state index contributed by atoms with van der Waals surface area (Å²) in [6, 6.07) is 0. The van der Waals surface area contributed by atoms with Crippen molar-refractivity contribution < 1.29 is 9.47 Å². The van der Waals surface area contributed by atoms with Crippen LogP contribution in [0.15, 0.2) is 0 Å². The van der Waals surface area contributed by atoms with Crippen molar-refractivity contribution in [3.63, 3.8) is 0 Å². The van der Waals surface area contributed by atoms with Crippen molar-refractivity contribution in [1.29, 1.82) is 0 Å². The van der Waals surface area contributed by atoms with Crippen molar-refractivity contribution in [2.75, 3.05) is 17.6 Å². The number of hydrogen-bond acceptors (Lipinski definition) is 2. The van der Waals surface area contributed by atoms with Gasteiger partial charge in [0.25, 0.3) is 0 Å². The van der Waals surface area contributed by atoms with Gasteiger partial charge in [-0.15, -0.1) is 0 Å². The maximum Gasteiger partial charge on any atom is 0.157 e. The molecule has 0 amide bonds. The Morgan fingerprint density at radius 3 is 1.70 bits per heavy atom. The fraction of sp³-hybridized carbons (Fsp3) is 1.00. The highest BCUT2D eigenvalue weighted by Gasteiger charge is 2.13. The van der Waals surface area contributed by atoms with Gasteiger partial charge in [0, 0.05) is 13.2 Å². The van der Waals surface area contributed by atoms with Gasteiger partial charge in [-0.3, -0.25) is 0 Å². The zero-order valence-electron chi connectivity index (χ0n) is 15.2. The molecule has 1 heterocycles. The van der Waals surface area contributed by atoms with Crippen molar-refractivity contribution in [3.8, 4) is 0 Å². The van der Waals surface area contributed by atoms with Crippen LogP contribution >= 0.6 is 22.6 Å². The number of alkyl halides is 1. The van der Waals surface area contributed by atoms with Crippen LogP contribution in [0.1, 0.15) is 103 Å². The van der Waals surface area contributed by atoms with Crippen molar-refractivity contribution in [2.24, 2.45) is 0 Å². The summed E-state index contributed by atoms with van der Waals surface area (Å²) in [6.45, 7) is 1.78. The van der Waals surface area contributed by atoms with Gasteiger partial charge < -0.3 is 9.47 Å². The Balaban J connectivity index is 1.67. The minimum absolute atomic E-state index is 0.102. The van der Waals surface area contributed by atoms with Gasteiger partial charge in [-0.05, 0) is 36.5 Å². The molecule has 1 aliphatic rings. The molecule has 0 saturated carbocycles. The van der Waals surface area contributed by atoms with E-state index in [0.717, 1.165) is 19.6 Å². The summed E-state index contributed by atoms with van der Waals surface area (Å²) >= 11 is 2.48. The summed E-state index contributed by atoms with van der Waals surface area (Å²) in [7, 11) is 0. The molecule has 1 rings (SSSR count). The summed E-state index contributed by atoms with van der Waals surface area (Å²) in [5.74, 6) is 0. The Hall–Kier alpha value is 0.650. The zero-order valence-corrected chi connectivity index (χ0v) is 17.4. The Morgan fingerprint density at radius 1 is 0.696 bits per heavy atom. The average Bonchev–Trinajstić information content (AvgIpc) is 2.59. The van der Waals surface area contributed by atoms with Gasteiger partial charge in [-0.1, -0.05) is 93.2 Å². The molecular formula is C20H39IO2. The summed E-state index contributed by atoms with van der Waals surface area (Å²) in [4.78, 5) is 0. The van der Waals surface area contributed by atoms with Gasteiger partial charge in [0.1, 0.15) is 0 Å². The van der Waals surface area contributed by atoms with E-state index in [-0.39, 0.29) is 6.29 Å². The monoisotopic (exact) mass is 438 g/mol. The fourth-order valence-corrected chi connectivity index (χ4v) is 3.74. The SMILES string of the molecule is ICCCCCCCCCCCCCCCOC1CCCCO1. The molecule has 2 nitrogen and oxygen atoms in total. The van der Waals surface area contributed by atoms with Gasteiger partial charge in [0.05, 0.1) is 0 Å². The first-order valence-corrected chi connectivity index (χ1v) is 11.7. The first-order chi connectivity index (χ1) is 11.4. The van der Waals surface area contributed by atoms with Crippen molar-refractivity contribution >= 4 is 22.6 Å². The smallest absolute Gasteiger partial charge is 0.157 e. The first kappa shape index (κ1) is 21.7. The number of unbranched alkanes of at least 4 members (excludes halogenated alkanes) is 12. The second-order valence-corrected chi connectivity index (χ2v) is 8.03. The average molecular weight is 438 g/mol. The highest BCUT2D eigenvalue weighted by molar-refractivity contribution is 14.1. The van der Waals surface area contributed by atoms with Gasteiger partial charge in [-0.25, -0.2) is 0 Å². The van der Waals surface area contributed by atoms with Gasteiger partial charge in [-0.2, -0.15) is 0 Å². The molecule has 1 atom stereocenters. The van der Waals surface area contributed by atoms with Crippen LogP contribution in [0.3, 0.4) is 0 Å². The standard InChI is InChI=1S/C20H39IO2/c21-17-13-10-8-6-4-2-1-3-5-7-9-11-14-18-22-20-16-12-15-19-23-20/h20H,1-19H2. The molecule has 0 aromatic rings. The zero-order chi connectivity index (χ0) is 16.4. The number of hydrogen-bond donors (Lipinski definition) is 0. The van der Waals surface area contributed by atoms with E-state index in [1.54, 1.807) is 0 Å². The van der Waals surface area contributed by atoms with E-state index in [2.05, 4.69) is 22.6 Å². The van der Waals surface area contributed by atoms with Crippen molar-refractivity contribution in [2.45, 2.75) is 109 Å². The van der Waals surface area contributed by atoms with Crippen molar-refractivity contribution in [1.82, 2.24) is 0 Å². The van der Waals surface area contributed by atoms with Crippen LogP contribution in [0.25, 0.3) is 0 Å². The van der Waals surface area contributed by atoms with E-state index in [4.69, 9.17) is 9.47 Å². The van der Waals surface area contributed by atoms with Crippen LogP contribution in [0.2, 0.25) is 0 Å². The molecule has 0 radical (unpaired) electrons. The molecule has 0 aliphatic carbocycles. The Kier molecular flexibility index (Phi) is 16.5. The molecule has 1 saturated heterocycles.